The molecule has 1 fully saturated rings. The second-order valence-electron chi connectivity index (χ2n) is 6.26. The molecule has 6 nitrogen and oxygen atoms in total. The molecule has 1 aliphatic heterocycles. The smallest absolute Gasteiger partial charge is 0.254 e. The van der Waals surface area contributed by atoms with Crippen molar-refractivity contribution in [2.75, 3.05) is 30.4 Å². The lowest BCUT2D eigenvalue weighted by molar-refractivity contribution is 0.0963. The fourth-order valence-corrected chi connectivity index (χ4v) is 3.06. The molecule has 0 aliphatic carbocycles. The summed E-state index contributed by atoms with van der Waals surface area (Å²) in [6.45, 7) is 2.76. The Hall–Kier alpha value is -2.63. The van der Waals surface area contributed by atoms with Gasteiger partial charge >= 0.3 is 0 Å². The van der Waals surface area contributed by atoms with Gasteiger partial charge in [0.1, 0.15) is 11.6 Å². The minimum Gasteiger partial charge on any atom is -0.365 e. The quantitative estimate of drug-likeness (QED) is 0.876. The van der Waals surface area contributed by atoms with E-state index in [1.807, 2.05) is 6.20 Å². The number of carbonyl (C=O) groups is 1. The minimum absolute atomic E-state index is 0.148. The van der Waals surface area contributed by atoms with Gasteiger partial charge < -0.3 is 15.5 Å². The van der Waals surface area contributed by atoms with Crippen LogP contribution in [0.4, 0.5) is 11.6 Å². The molecule has 2 aromatic heterocycles. The highest BCUT2D eigenvalue weighted by molar-refractivity contribution is 5.98. The number of nitrogens with one attached hydrogen (secondary N) is 2. The van der Waals surface area contributed by atoms with Gasteiger partial charge in [0.15, 0.2) is 0 Å². The first-order chi connectivity index (χ1) is 12.3. The summed E-state index contributed by atoms with van der Waals surface area (Å²) in [5, 5.41) is 5.86. The van der Waals surface area contributed by atoms with Crippen LogP contribution in [0.25, 0.3) is 0 Å². The zero-order valence-corrected chi connectivity index (χ0v) is 14.7. The zero-order valence-electron chi connectivity index (χ0n) is 14.7. The second kappa shape index (κ2) is 8.46. The highest BCUT2D eigenvalue weighted by Gasteiger charge is 2.12. The van der Waals surface area contributed by atoms with Crippen molar-refractivity contribution in [3.63, 3.8) is 0 Å². The van der Waals surface area contributed by atoms with E-state index in [1.54, 1.807) is 25.4 Å². The third-order valence-electron chi connectivity index (χ3n) is 4.48. The molecule has 0 unspecified atom stereocenters. The summed E-state index contributed by atoms with van der Waals surface area (Å²) >= 11 is 0. The van der Waals surface area contributed by atoms with Crippen molar-refractivity contribution in [1.29, 1.82) is 0 Å². The lowest BCUT2D eigenvalue weighted by atomic mass is 10.2. The molecule has 1 amide bonds. The van der Waals surface area contributed by atoms with E-state index in [0.29, 0.717) is 17.9 Å². The van der Waals surface area contributed by atoms with Gasteiger partial charge in [-0.1, -0.05) is 18.9 Å². The molecule has 3 rings (SSSR count). The van der Waals surface area contributed by atoms with E-state index in [-0.39, 0.29) is 5.91 Å². The highest BCUT2D eigenvalue weighted by atomic mass is 16.1. The van der Waals surface area contributed by atoms with Gasteiger partial charge in [-0.05, 0) is 36.6 Å². The molecule has 0 bridgehead atoms. The van der Waals surface area contributed by atoms with Crippen LogP contribution in [-0.2, 0) is 6.54 Å². The number of nitrogens with zero attached hydrogens (tertiary/aromatic N) is 3. The third-order valence-corrected chi connectivity index (χ3v) is 4.48. The molecule has 2 aromatic rings. The number of hydrogen-bond acceptors (Lipinski definition) is 5. The second-order valence-corrected chi connectivity index (χ2v) is 6.26. The van der Waals surface area contributed by atoms with Crippen molar-refractivity contribution in [3.05, 3.63) is 47.8 Å². The number of hydrogen-bond donors (Lipinski definition) is 2. The summed E-state index contributed by atoms with van der Waals surface area (Å²) in [6, 6.07) is 7.69. The Bertz CT molecular complexity index is 693. The fourth-order valence-electron chi connectivity index (χ4n) is 3.06. The van der Waals surface area contributed by atoms with E-state index in [0.717, 1.165) is 24.5 Å². The van der Waals surface area contributed by atoms with Gasteiger partial charge in [0, 0.05) is 39.1 Å². The van der Waals surface area contributed by atoms with Crippen LogP contribution in [0.5, 0.6) is 0 Å². The molecule has 0 saturated carbocycles. The Morgan fingerprint density at radius 2 is 1.92 bits per heavy atom. The molecule has 2 N–H and O–H groups in total. The van der Waals surface area contributed by atoms with E-state index in [2.05, 4.69) is 37.6 Å². The molecule has 0 aromatic carbocycles. The van der Waals surface area contributed by atoms with E-state index in [4.69, 9.17) is 0 Å². The Labute approximate surface area is 148 Å². The molecule has 132 valence electrons. The average molecular weight is 339 g/mol. The SMILES string of the molecule is CNC(=O)c1cccnc1NCc1ccc(N2CCCCCC2)nc1. The van der Waals surface area contributed by atoms with Crippen LogP contribution >= 0.6 is 0 Å². The van der Waals surface area contributed by atoms with E-state index in [1.165, 1.54) is 25.7 Å². The van der Waals surface area contributed by atoms with Crippen LogP contribution in [0.2, 0.25) is 0 Å². The minimum atomic E-state index is -0.148. The van der Waals surface area contributed by atoms with Crippen LogP contribution in [0.1, 0.15) is 41.6 Å². The molecule has 25 heavy (non-hydrogen) atoms. The summed E-state index contributed by atoms with van der Waals surface area (Å²) in [7, 11) is 1.62. The van der Waals surface area contributed by atoms with E-state index >= 15 is 0 Å². The van der Waals surface area contributed by atoms with Gasteiger partial charge in [0.2, 0.25) is 0 Å². The molecular weight excluding hydrogens is 314 g/mol. The number of pyridine rings is 2. The Balaban J connectivity index is 1.63. The van der Waals surface area contributed by atoms with Gasteiger partial charge in [-0.25, -0.2) is 9.97 Å². The number of carbonyl (C=O) groups excluding carboxylic acids is 1. The van der Waals surface area contributed by atoms with Crippen LogP contribution in [0.15, 0.2) is 36.7 Å². The standard InChI is InChI=1S/C19H25N5O/c1-20-19(25)16-7-6-10-21-18(16)23-14-15-8-9-17(22-13-15)24-11-4-2-3-5-12-24/h6-10,13H,2-5,11-12,14H2,1H3,(H,20,25)(H,21,23). The summed E-state index contributed by atoms with van der Waals surface area (Å²) in [6.07, 6.45) is 8.69. The average Bonchev–Trinajstić information content (AvgIpc) is 2.96. The van der Waals surface area contributed by atoms with Gasteiger partial charge in [-0.2, -0.15) is 0 Å². The predicted octanol–water partition coefficient (Wildman–Crippen LogP) is 2.83. The van der Waals surface area contributed by atoms with Crippen LogP contribution in [0.3, 0.4) is 0 Å². The maximum absolute atomic E-state index is 11.9. The van der Waals surface area contributed by atoms with Gasteiger partial charge in [0.25, 0.3) is 5.91 Å². The summed E-state index contributed by atoms with van der Waals surface area (Å²) in [4.78, 5) is 23.1. The van der Waals surface area contributed by atoms with Crippen LogP contribution in [-0.4, -0.2) is 36.0 Å². The van der Waals surface area contributed by atoms with Crippen molar-refractivity contribution in [2.24, 2.45) is 0 Å². The van der Waals surface area contributed by atoms with Crippen molar-refractivity contribution in [1.82, 2.24) is 15.3 Å². The van der Waals surface area contributed by atoms with Crippen LogP contribution < -0.4 is 15.5 Å². The topological polar surface area (TPSA) is 70.2 Å². The number of amides is 1. The third kappa shape index (κ3) is 4.47. The molecular formula is C19H25N5O. The molecule has 0 atom stereocenters. The molecule has 0 radical (unpaired) electrons. The largest absolute Gasteiger partial charge is 0.365 e. The Morgan fingerprint density at radius 3 is 2.60 bits per heavy atom. The van der Waals surface area contributed by atoms with E-state index in [9.17, 15) is 4.79 Å². The first-order valence-electron chi connectivity index (χ1n) is 8.89. The monoisotopic (exact) mass is 339 g/mol. The number of aromatic nitrogens is 2. The molecule has 6 heteroatoms. The lowest BCUT2D eigenvalue weighted by Gasteiger charge is -2.21. The Morgan fingerprint density at radius 1 is 1.12 bits per heavy atom. The van der Waals surface area contributed by atoms with E-state index < -0.39 is 0 Å². The van der Waals surface area contributed by atoms with Gasteiger partial charge in [-0.15, -0.1) is 0 Å². The highest BCUT2D eigenvalue weighted by Crippen LogP contribution is 2.18. The number of anilines is 2. The maximum Gasteiger partial charge on any atom is 0.254 e. The normalized spacial score (nSPS) is 14.7. The van der Waals surface area contributed by atoms with Crippen molar-refractivity contribution in [3.8, 4) is 0 Å². The summed E-state index contributed by atoms with van der Waals surface area (Å²) in [5.41, 5.74) is 1.60. The summed E-state index contributed by atoms with van der Waals surface area (Å²) < 4.78 is 0. The van der Waals surface area contributed by atoms with Crippen molar-refractivity contribution in [2.45, 2.75) is 32.2 Å². The summed E-state index contributed by atoms with van der Waals surface area (Å²) in [5.74, 6) is 1.48. The first-order valence-corrected chi connectivity index (χ1v) is 8.89. The van der Waals surface area contributed by atoms with Crippen LogP contribution in [0, 0.1) is 0 Å². The molecule has 1 aliphatic rings. The van der Waals surface area contributed by atoms with Gasteiger partial charge in [0.05, 0.1) is 5.56 Å². The van der Waals surface area contributed by atoms with Crippen molar-refractivity contribution < 1.29 is 4.79 Å². The Kier molecular flexibility index (Phi) is 5.82. The maximum atomic E-state index is 11.9. The zero-order chi connectivity index (χ0) is 17.5. The van der Waals surface area contributed by atoms with Gasteiger partial charge in [-0.3, -0.25) is 4.79 Å². The predicted molar refractivity (Wildman–Crippen MR) is 99.9 cm³/mol. The molecule has 0 spiro atoms. The fraction of sp³-hybridized carbons (Fsp3) is 0.421. The number of rotatable bonds is 5. The lowest BCUT2D eigenvalue weighted by Crippen LogP contribution is -2.24. The first kappa shape index (κ1) is 17.2. The van der Waals surface area contributed by atoms with Crippen molar-refractivity contribution >= 4 is 17.5 Å². The molecule has 3 heterocycles. The molecule has 1 saturated heterocycles.